The number of benzene rings is 1. The molecule has 0 radical (unpaired) electrons. The first-order valence-electron chi connectivity index (χ1n) is 7.82. The average molecular weight is 369 g/mol. The van der Waals surface area contributed by atoms with E-state index in [4.69, 9.17) is 4.74 Å². The minimum Gasteiger partial charge on any atom is -0.453 e. The quantitative estimate of drug-likeness (QED) is 0.554. The minimum atomic E-state index is -1.28. The van der Waals surface area contributed by atoms with Crippen LogP contribution >= 0.6 is 0 Å². The topological polar surface area (TPSA) is 105 Å². The summed E-state index contributed by atoms with van der Waals surface area (Å²) in [6, 6.07) is 2.58. The van der Waals surface area contributed by atoms with Gasteiger partial charge < -0.3 is 15.4 Å². The molecular weight excluding hydrogens is 352 g/mol. The maximum atomic E-state index is 13.5. The van der Waals surface area contributed by atoms with Gasteiger partial charge in [-0.1, -0.05) is 6.07 Å². The molecule has 0 saturated carbocycles. The molecule has 10 heteroatoms. The standard InChI is InChI=1S/C16H17F2N3O5/c1-9(15(24)20-14-10(17)4-2-5-11(14)18)26-13(23)6-3-7-21-12(22)8-19-16(21)25/h2,4-5,9H,3,6-8H2,1H3,(H,19,25)(H,20,24)/t9-/m1/s1. The van der Waals surface area contributed by atoms with Gasteiger partial charge in [0.25, 0.3) is 5.91 Å². The smallest absolute Gasteiger partial charge is 0.324 e. The SMILES string of the molecule is C[C@@H](OC(=O)CCCN1C(=O)CNC1=O)C(=O)Nc1c(F)cccc1F. The molecule has 1 aliphatic heterocycles. The second-order valence-corrected chi connectivity index (χ2v) is 5.53. The van der Waals surface area contributed by atoms with Gasteiger partial charge in [-0.05, 0) is 25.5 Å². The van der Waals surface area contributed by atoms with E-state index in [0.29, 0.717) is 0 Å². The molecule has 2 rings (SSSR count). The number of esters is 1. The van der Waals surface area contributed by atoms with Gasteiger partial charge >= 0.3 is 12.0 Å². The molecule has 8 nitrogen and oxygen atoms in total. The largest absolute Gasteiger partial charge is 0.453 e. The van der Waals surface area contributed by atoms with E-state index in [1.54, 1.807) is 0 Å². The zero-order valence-electron chi connectivity index (χ0n) is 13.9. The molecule has 0 spiro atoms. The van der Waals surface area contributed by atoms with E-state index < -0.39 is 41.3 Å². The number of para-hydroxylation sites is 1. The zero-order valence-corrected chi connectivity index (χ0v) is 13.9. The number of hydrogen-bond donors (Lipinski definition) is 2. The van der Waals surface area contributed by atoms with Gasteiger partial charge in [0.2, 0.25) is 5.91 Å². The van der Waals surface area contributed by atoms with E-state index >= 15 is 0 Å². The fourth-order valence-corrected chi connectivity index (χ4v) is 2.21. The molecule has 0 aromatic heterocycles. The van der Waals surface area contributed by atoms with Crippen molar-refractivity contribution in [2.75, 3.05) is 18.4 Å². The van der Waals surface area contributed by atoms with Gasteiger partial charge in [0.1, 0.15) is 17.3 Å². The lowest BCUT2D eigenvalue weighted by atomic mass is 10.2. The summed E-state index contributed by atoms with van der Waals surface area (Å²) in [6.45, 7) is 1.22. The van der Waals surface area contributed by atoms with Crippen molar-refractivity contribution in [2.24, 2.45) is 0 Å². The number of ether oxygens (including phenoxy) is 1. The molecule has 4 amide bonds. The summed E-state index contributed by atoms with van der Waals surface area (Å²) in [4.78, 5) is 47.3. The van der Waals surface area contributed by atoms with Gasteiger partial charge in [0.05, 0.1) is 6.54 Å². The Morgan fingerprint density at radius 2 is 1.96 bits per heavy atom. The number of halogens is 2. The molecule has 1 fully saturated rings. The van der Waals surface area contributed by atoms with Crippen LogP contribution in [0.15, 0.2) is 18.2 Å². The Morgan fingerprint density at radius 1 is 1.31 bits per heavy atom. The van der Waals surface area contributed by atoms with Crippen molar-refractivity contribution in [2.45, 2.75) is 25.9 Å². The number of carbonyl (C=O) groups excluding carboxylic acids is 4. The summed E-state index contributed by atoms with van der Waals surface area (Å²) < 4.78 is 31.9. The first-order valence-corrected chi connectivity index (χ1v) is 7.82. The highest BCUT2D eigenvalue weighted by Gasteiger charge is 2.28. The van der Waals surface area contributed by atoms with Crippen LogP contribution in [0.2, 0.25) is 0 Å². The van der Waals surface area contributed by atoms with Crippen molar-refractivity contribution in [1.82, 2.24) is 10.2 Å². The maximum absolute atomic E-state index is 13.5. The molecule has 1 heterocycles. The van der Waals surface area contributed by atoms with Crippen LogP contribution in [0, 0.1) is 11.6 Å². The Hall–Kier alpha value is -3.04. The molecule has 26 heavy (non-hydrogen) atoms. The highest BCUT2D eigenvalue weighted by Crippen LogP contribution is 2.18. The number of nitrogens with one attached hydrogen (secondary N) is 2. The minimum absolute atomic E-state index is 0.0424. The molecule has 0 aliphatic carbocycles. The highest BCUT2D eigenvalue weighted by molar-refractivity contribution is 6.02. The predicted molar refractivity (Wildman–Crippen MR) is 84.9 cm³/mol. The lowest BCUT2D eigenvalue weighted by Crippen LogP contribution is -2.33. The summed E-state index contributed by atoms with van der Waals surface area (Å²) in [6.07, 6.45) is -1.25. The fourth-order valence-electron chi connectivity index (χ4n) is 2.21. The van der Waals surface area contributed by atoms with Crippen LogP contribution in [-0.4, -0.2) is 47.9 Å². The van der Waals surface area contributed by atoms with Crippen molar-refractivity contribution < 1.29 is 32.7 Å². The van der Waals surface area contributed by atoms with Gasteiger partial charge in [0.15, 0.2) is 6.10 Å². The summed E-state index contributed by atoms with van der Waals surface area (Å²) in [7, 11) is 0. The molecule has 1 aliphatic rings. The van der Waals surface area contributed by atoms with Crippen molar-refractivity contribution in [3.8, 4) is 0 Å². The number of hydrogen-bond acceptors (Lipinski definition) is 5. The van der Waals surface area contributed by atoms with Crippen LogP contribution < -0.4 is 10.6 Å². The third-order valence-corrected chi connectivity index (χ3v) is 3.59. The van der Waals surface area contributed by atoms with E-state index in [9.17, 15) is 28.0 Å². The predicted octanol–water partition coefficient (Wildman–Crippen LogP) is 1.17. The molecule has 140 valence electrons. The number of anilines is 1. The third-order valence-electron chi connectivity index (χ3n) is 3.59. The van der Waals surface area contributed by atoms with Crippen LogP contribution in [0.5, 0.6) is 0 Å². The number of rotatable bonds is 7. The van der Waals surface area contributed by atoms with Crippen LogP contribution in [0.3, 0.4) is 0 Å². The Morgan fingerprint density at radius 3 is 2.54 bits per heavy atom. The number of amides is 4. The van der Waals surface area contributed by atoms with Gasteiger partial charge in [-0.3, -0.25) is 19.3 Å². The first kappa shape index (κ1) is 19.3. The van der Waals surface area contributed by atoms with Gasteiger partial charge in [0, 0.05) is 13.0 Å². The van der Waals surface area contributed by atoms with Gasteiger partial charge in [-0.15, -0.1) is 0 Å². The van der Waals surface area contributed by atoms with Crippen LogP contribution in [0.25, 0.3) is 0 Å². The summed E-state index contributed by atoms with van der Waals surface area (Å²) in [5.74, 6) is -3.93. The van der Waals surface area contributed by atoms with E-state index in [0.717, 1.165) is 23.1 Å². The Kier molecular flexibility index (Phi) is 6.21. The second-order valence-electron chi connectivity index (χ2n) is 5.53. The average Bonchev–Trinajstić information content (AvgIpc) is 2.90. The molecule has 1 aromatic rings. The fraction of sp³-hybridized carbons (Fsp3) is 0.375. The van der Waals surface area contributed by atoms with Crippen LogP contribution in [0.1, 0.15) is 19.8 Å². The molecule has 0 unspecified atom stereocenters. The van der Waals surface area contributed by atoms with Crippen LogP contribution in [-0.2, 0) is 19.1 Å². The Balaban J connectivity index is 1.78. The van der Waals surface area contributed by atoms with Crippen molar-refractivity contribution in [1.29, 1.82) is 0 Å². The molecule has 1 aromatic carbocycles. The monoisotopic (exact) mass is 369 g/mol. The molecular formula is C16H17F2N3O5. The van der Waals surface area contributed by atoms with Crippen molar-refractivity contribution in [3.63, 3.8) is 0 Å². The Labute approximate surface area is 147 Å². The lowest BCUT2D eigenvalue weighted by Gasteiger charge is -2.15. The Bertz CT molecular complexity index is 704. The lowest BCUT2D eigenvalue weighted by molar-refractivity contribution is -0.153. The van der Waals surface area contributed by atoms with Crippen molar-refractivity contribution >= 4 is 29.5 Å². The summed E-state index contributed by atoms with van der Waals surface area (Å²) in [5, 5.41) is 4.37. The van der Waals surface area contributed by atoms with Crippen LogP contribution in [0.4, 0.5) is 19.3 Å². The molecule has 0 bridgehead atoms. The van der Waals surface area contributed by atoms with E-state index in [-0.39, 0.29) is 31.8 Å². The van der Waals surface area contributed by atoms with Crippen molar-refractivity contribution in [3.05, 3.63) is 29.8 Å². The number of nitrogens with zero attached hydrogens (tertiary/aromatic N) is 1. The molecule has 1 saturated heterocycles. The number of imide groups is 1. The number of urea groups is 1. The molecule has 1 atom stereocenters. The van der Waals surface area contributed by atoms with E-state index in [2.05, 4.69) is 5.32 Å². The zero-order chi connectivity index (χ0) is 19.3. The molecule has 2 N–H and O–H groups in total. The second kappa shape index (κ2) is 8.37. The van der Waals surface area contributed by atoms with E-state index in [1.807, 2.05) is 5.32 Å². The summed E-state index contributed by atoms with van der Waals surface area (Å²) >= 11 is 0. The normalized spacial score (nSPS) is 14.8. The maximum Gasteiger partial charge on any atom is 0.324 e. The summed E-state index contributed by atoms with van der Waals surface area (Å²) in [5.41, 5.74) is -0.626. The van der Waals surface area contributed by atoms with E-state index in [1.165, 1.54) is 6.92 Å². The van der Waals surface area contributed by atoms with Gasteiger partial charge in [-0.2, -0.15) is 0 Å². The number of carbonyl (C=O) groups is 4. The van der Waals surface area contributed by atoms with Gasteiger partial charge in [-0.25, -0.2) is 13.6 Å². The first-order chi connectivity index (χ1) is 12.3. The highest BCUT2D eigenvalue weighted by atomic mass is 19.1. The third kappa shape index (κ3) is 4.74.